The van der Waals surface area contributed by atoms with E-state index >= 15 is 0 Å². The molecule has 1 aromatic heterocycles. The molecule has 88 valence electrons. The quantitative estimate of drug-likeness (QED) is 0.824. The molecule has 1 heterocycles. The average molecular weight is 219 g/mol. The summed E-state index contributed by atoms with van der Waals surface area (Å²) in [6.45, 7) is 3.19. The fourth-order valence-corrected chi connectivity index (χ4v) is 2.47. The second kappa shape index (κ2) is 4.91. The van der Waals surface area contributed by atoms with E-state index in [0.29, 0.717) is 0 Å². The first-order valence-corrected chi connectivity index (χ1v) is 6.28. The molecule has 3 heteroatoms. The molecule has 1 fully saturated rings. The molecule has 1 saturated carbocycles. The molecule has 0 unspecified atom stereocenters. The Kier molecular flexibility index (Phi) is 3.54. The van der Waals surface area contributed by atoms with E-state index in [0.717, 1.165) is 25.2 Å². The molecule has 0 spiro atoms. The highest BCUT2D eigenvalue weighted by Gasteiger charge is 2.40. The highest BCUT2D eigenvalue weighted by molar-refractivity contribution is 5.16. The second-order valence-electron chi connectivity index (χ2n) is 4.79. The van der Waals surface area contributed by atoms with Crippen molar-refractivity contribution in [2.24, 2.45) is 0 Å². The number of rotatable bonds is 5. The highest BCUT2D eigenvalue weighted by Crippen LogP contribution is 2.41. The van der Waals surface area contributed by atoms with Crippen molar-refractivity contribution in [3.05, 3.63) is 23.8 Å². The van der Waals surface area contributed by atoms with Gasteiger partial charge in [-0.1, -0.05) is 19.8 Å². The van der Waals surface area contributed by atoms with Gasteiger partial charge in [0.15, 0.2) is 0 Å². The Labute approximate surface area is 97.7 Å². The zero-order valence-corrected chi connectivity index (χ0v) is 10.3. The molecule has 1 aliphatic rings. The molecule has 0 atom stereocenters. The Morgan fingerprint density at radius 2 is 2.25 bits per heavy atom. The smallest absolute Gasteiger partial charge is 0.135 e. The minimum atomic E-state index is 0.221. The Bertz CT molecular complexity index is 345. The summed E-state index contributed by atoms with van der Waals surface area (Å²) in [5.74, 6) is 1.05. The third-order valence-electron chi connectivity index (χ3n) is 3.52. The van der Waals surface area contributed by atoms with Gasteiger partial charge in [0.05, 0.1) is 0 Å². The van der Waals surface area contributed by atoms with E-state index in [-0.39, 0.29) is 5.41 Å². The van der Waals surface area contributed by atoms with Crippen LogP contribution in [0, 0.1) is 0 Å². The number of aryl methyl sites for hydroxylation is 1. The monoisotopic (exact) mass is 219 g/mol. The normalized spacial score (nSPS) is 18.1. The molecule has 2 rings (SSSR count). The molecule has 3 nitrogen and oxygen atoms in total. The van der Waals surface area contributed by atoms with Crippen LogP contribution in [0.25, 0.3) is 0 Å². The summed E-state index contributed by atoms with van der Waals surface area (Å²) >= 11 is 0. The molecule has 0 radical (unpaired) electrons. The van der Waals surface area contributed by atoms with Crippen LogP contribution in [-0.4, -0.2) is 23.6 Å². The average Bonchev–Trinajstić information content (AvgIpc) is 2.24. The third-order valence-corrected chi connectivity index (χ3v) is 3.52. The minimum absolute atomic E-state index is 0.221. The predicted molar refractivity (Wildman–Crippen MR) is 65.5 cm³/mol. The van der Waals surface area contributed by atoms with Gasteiger partial charge in [0.2, 0.25) is 0 Å². The number of nitrogens with one attached hydrogen (secondary N) is 1. The highest BCUT2D eigenvalue weighted by atomic mass is 14.9. The van der Waals surface area contributed by atoms with Crippen LogP contribution in [0.2, 0.25) is 0 Å². The van der Waals surface area contributed by atoms with Crippen LogP contribution in [-0.2, 0) is 11.8 Å². The largest absolute Gasteiger partial charge is 0.319 e. The molecular formula is C13H21N3. The third kappa shape index (κ3) is 2.09. The molecule has 1 aromatic rings. The summed E-state index contributed by atoms with van der Waals surface area (Å²) in [6.07, 6.45) is 7.89. The summed E-state index contributed by atoms with van der Waals surface area (Å²) in [5.41, 5.74) is 1.41. The maximum atomic E-state index is 4.72. The van der Waals surface area contributed by atoms with Crippen molar-refractivity contribution in [1.82, 2.24) is 15.3 Å². The minimum Gasteiger partial charge on any atom is -0.319 e. The van der Waals surface area contributed by atoms with Crippen molar-refractivity contribution >= 4 is 0 Å². The van der Waals surface area contributed by atoms with Gasteiger partial charge in [-0.15, -0.1) is 0 Å². The lowest BCUT2D eigenvalue weighted by molar-refractivity contribution is 0.224. The summed E-state index contributed by atoms with van der Waals surface area (Å²) in [6, 6.07) is 2.04. The van der Waals surface area contributed by atoms with Gasteiger partial charge in [-0.2, -0.15) is 0 Å². The molecule has 0 bridgehead atoms. The van der Waals surface area contributed by atoms with E-state index in [9.17, 15) is 0 Å². The summed E-state index contributed by atoms with van der Waals surface area (Å²) in [5, 5.41) is 3.28. The number of hydrogen-bond donors (Lipinski definition) is 1. The van der Waals surface area contributed by atoms with E-state index in [1.54, 1.807) is 0 Å². The van der Waals surface area contributed by atoms with Gasteiger partial charge in [-0.3, -0.25) is 0 Å². The molecule has 0 aliphatic heterocycles. The topological polar surface area (TPSA) is 37.8 Å². The lowest BCUT2D eigenvalue weighted by Gasteiger charge is -2.40. The fraction of sp³-hybridized carbons (Fsp3) is 0.692. The van der Waals surface area contributed by atoms with Crippen LogP contribution in [0.3, 0.4) is 0 Å². The van der Waals surface area contributed by atoms with Crippen LogP contribution in [0.4, 0.5) is 0 Å². The second-order valence-corrected chi connectivity index (χ2v) is 4.79. The van der Waals surface area contributed by atoms with E-state index in [1.165, 1.54) is 25.0 Å². The van der Waals surface area contributed by atoms with Gasteiger partial charge in [-0.05, 0) is 32.4 Å². The fourth-order valence-electron chi connectivity index (χ4n) is 2.47. The SMILES string of the molecule is CCCc1ccnc(C2(CNC)CCC2)n1. The van der Waals surface area contributed by atoms with Crippen LogP contribution in [0.5, 0.6) is 0 Å². The van der Waals surface area contributed by atoms with Gasteiger partial charge in [0.1, 0.15) is 5.82 Å². The first-order valence-electron chi connectivity index (χ1n) is 6.28. The number of likely N-dealkylation sites (N-methyl/N-ethyl adjacent to an activating group) is 1. The van der Waals surface area contributed by atoms with Gasteiger partial charge in [0, 0.05) is 23.9 Å². The van der Waals surface area contributed by atoms with Crippen LogP contribution in [0.1, 0.15) is 44.1 Å². The number of aromatic nitrogens is 2. The Balaban J connectivity index is 2.21. The molecule has 1 N–H and O–H groups in total. The zero-order valence-electron chi connectivity index (χ0n) is 10.3. The van der Waals surface area contributed by atoms with E-state index in [1.807, 2.05) is 19.3 Å². The van der Waals surface area contributed by atoms with Crippen molar-refractivity contribution in [3.8, 4) is 0 Å². The van der Waals surface area contributed by atoms with Gasteiger partial charge < -0.3 is 5.32 Å². The van der Waals surface area contributed by atoms with E-state index < -0.39 is 0 Å². The first kappa shape index (κ1) is 11.5. The number of nitrogens with zero attached hydrogens (tertiary/aromatic N) is 2. The van der Waals surface area contributed by atoms with Crippen molar-refractivity contribution in [3.63, 3.8) is 0 Å². The van der Waals surface area contributed by atoms with Gasteiger partial charge in [0.25, 0.3) is 0 Å². The standard InChI is InChI=1S/C13H21N3/c1-3-5-11-6-9-15-12(16-11)13(10-14-2)7-4-8-13/h6,9,14H,3-5,7-8,10H2,1-2H3. The van der Waals surface area contributed by atoms with Gasteiger partial charge in [-0.25, -0.2) is 9.97 Å². The summed E-state index contributed by atoms with van der Waals surface area (Å²) < 4.78 is 0. The number of hydrogen-bond acceptors (Lipinski definition) is 3. The lowest BCUT2D eigenvalue weighted by atomic mass is 9.68. The van der Waals surface area contributed by atoms with Crippen molar-refractivity contribution in [1.29, 1.82) is 0 Å². The lowest BCUT2D eigenvalue weighted by Crippen LogP contribution is -2.44. The van der Waals surface area contributed by atoms with Gasteiger partial charge >= 0.3 is 0 Å². The molecule has 1 aliphatic carbocycles. The maximum absolute atomic E-state index is 4.72. The molecule has 0 saturated heterocycles. The van der Waals surface area contributed by atoms with Crippen molar-refractivity contribution < 1.29 is 0 Å². The summed E-state index contributed by atoms with van der Waals surface area (Å²) in [7, 11) is 2.01. The van der Waals surface area contributed by atoms with Crippen LogP contribution >= 0.6 is 0 Å². The maximum Gasteiger partial charge on any atom is 0.135 e. The Morgan fingerprint density at radius 3 is 2.81 bits per heavy atom. The molecular weight excluding hydrogens is 198 g/mol. The summed E-state index contributed by atoms with van der Waals surface area (Å²) in [4.78, 5) is 9.21. The van der Waals surface area contributed by atoms with Crippen LogP contribution < -0.4 is 5.32 Å². The predicted octanol–water partition coefficient (Wildman–Crippen LogP) is 2.07. The first-order chi connectivity index (χ1) is 7.80. The van der Waals surface area contributed by atoms with Crippen molar-refractivity contribution in [2.75, 3.05) is 13.6 Å². The Hall–Kier alpha value is -0.960. The zero-order chi connectivity index (χ0) is 11.4. The molecule has 16 heavy (non-hydrogen) atoms. The molecule has 0 aromatic carbocycles. The van der Waals surface area contributed by atoms with E-state index in [4.69, 9.17) is 4.98 Å². The van der Waals surface area contributed by atoms with Crippen molar-refractivity contribution in [2.45, 2.75) is 44.4 Å². The van der Waals surface area contributed by atoms with Crippen LogP contribution in [0.15, 0.2) is 12.3 Å². The molecule has 0 amide bonds. The Morgan fingerprint density at radius 1 is 1.44 bits per heavy atom. The van der Waals surface area contributed by atoms with E-state index in [2.05, 4.69) is 17.2 Å².